The van der Waals surface area contributed by atoms with Crippen molar-refractivity contribution < 1.29 is 9.21 Å². The second-order valence-corrected chi connectivity index (χ2v) is 7.40. The number of fused-ring (bicyclic) bond motifs is 2. The summed E-state index contributed by atoms with van der Waals surface area (Å²) >= 11 is 5.92. The van der Waals surface area contributed by atoms with Crippen molar-refractivity contribution in [3.63, 3.8) is 0 Å². The first kappa shape index (κ1) is 15.7. The molecule has 4 rings (SSSR count). The van der Waals surface area contributed by atoms with Gasteiger partial charge in [-0.1, -0.05) is 30.9 Å². The second kappa shape index (κ2) is 6.25. The minimum absolute atomic E-state index is 0.129. The second-order valence-electron chi connectivity index (χ2n) is 6.96. The third kappa shape index (κ3) is 2.84. The van der Waals surface area contributed by atoms with Crippen LogP contribution in [-0.2, 0) is 0 Å². The van der Waals surface area contributed by atoms with E-state index in [1.807, 2.05) is 4.90 Å². The van der Waals surface area contributed by atoms with Crippen molar-refractivity contribution in [2.75, 3.05) is 13.1 Å². The highest BCUT2D eigenvalue weighted by atomic mass is 35.5. The summed E-state index contributed by atoms with van der Waals surface area (Å²) in [5.74, 6) is 1.31. The monoisotopic (exact) mass is 345 g/mol. The molecule has 2 aromatic rings. The molecule has 0 bridgehead atoms. The fourth-order valence-corrected chi connectivity index (χ4v) is 4.35. The maximum absolute atomic E-state index is 12.8. The van der Waals surface area contributed by atoms with E-state index in [-0.39, 0.29) is 17.1 Å². The van der Waals surface area contributed by atoms with Crippen LogP contribution >= 0.6 is 11.6 Å². The first-order valence-electron chi connectivity index (χ1n) is 8.64. The van der Waals surface area contributed by atoms with Crippen LogP contribution in [0.5, 0.6) is 0 Å². The van der Waals surface area contributed by atoms with Crippen LogP contribution < -0.4 is 5.43 Å². The molecule has 2 heterocycles. The normalized spacial score (nSPS) is 24.0. The van der Waals surface area contributed by atoms with E-state index in [0.29, 0.717) is 21.9 Å². The van der Waals surface area contributed by atoms with E-state index in [1.165, 1.54) is 31.7 Å². The Balaban J connectivity index is 1.61. The Morgan fingerprint density at radius 1 is 1.12 bits per heavy atom. The molecule has 1 aliphatic carbocycles. The zero-order valence-corrected chi connectivity index (χ0v) is 14.2. The minimum atomic E-state index is -0.227. The van der Waals surface area contributed by atoms with Crippen molar-refractivity contribution in [1.29, 1.82) is 0 Å². The number of carbonyl (C=O) groups is 1. The van der Waals surface area contributed by atoms with Crippen LogP contribution in [0.2, 0.25) is 5.02 Å². The van der Waals surface area contributed by atoms with Crippen LogP contribution in [-0.4, -0.2) is 23.9 Å². The Bertz CT molecular complexity index is 844. The van der Waals surface area contributed by atoms with Crippen LogP contribution in [0.4, 0.5) is 0 Å². The predicted molar refractivity (Wildman–Crippen MR) is 93.5 cm³/mol. The van der Waals surface area contributed by atoms with Crippen LogP contribution in [0.3, 0.4) is 0 Å². The summed E-state index contributed by atoms with van der Waals surface area (Å²) in [6, 6.07) is 6.18. The molecule has 2 fully saturated rings. The predicted octanol–water partition coefficient (Wildman–Crippen LogP) is 4.10. The lowest BCUT2D eigenvalue weighted by Gasteiger charge is -2.41. The van der Waals surface area contributed by atoms with E-state index in [9.17, 15) is 9.59 Å². The number of hydrogen-bond acceptors (Lipinski definition) is 3. The molecule has 0 N–H and O–H groups in total. The van der Waals surface area contributed by atoms with Crippen LogP contribution in [0.25, 0.3) is 11.0 Å². The Kier molecular flexibility index (Phi) is 4.09. The van der Waals surface area contributed by atoms with Gasteiger partial charge in [0.15, 0.2) is 11.2 Å². The third-order valence-corrected chi connectivity index (χ3v) is 5.71. The maximum Gasteiger partial charge on any atom is 0.289 e. The number of piperidine rings is 1. The van der Waals surface area contributed by atoms with E-state index in [0.717, 1.165) is 25.4 Å². The molecule has 24 heavy (non-hydrogen) atoms. The van der Waals surface area contributed by atoms with Gasteiger partial charge in [-0.15, -0.1) is 0 Å². The lowest BCUT2D eigenvalue weighted by molar-refractivity contribution is 0.0493. The molecule has 2 aliphatic rings. The molecule has 1 aromatic heterocycles. The SMILES string of the molecule is O=C(c1cc(=O)c2cc(Cl)ccc2o1)N1CC[C@H]2CCCC[C@H]2C1. The number of benzene rings is 1. The molecule has 5 heteroatoms. The number of likely N-dealkylation sites (tertiary alicyclic amines) is 1. The summed E-state index contributed by atoms with van der Waals surface area (Å²) in [5, 5.41) is 0.887. The molecule has 2 atom stereocenters. The van der Waals surface area contributed by atoms with Gasteiger partial charge in [-0.05, 0) is 42.9 Å². The third-order valence-electron chi connectivity index (χ3n) is 5.48. The molecule has 1 saturated heterocycles. The zero-order chi connectivity index (χ0) is 16.7. The van der Waals surface area contributed by atoms with Gasteiger partial charge in [-0.2, -0.15) is 0 Å². The van der Waals surface area contributed by atoms with Crippen LogP contribution in [0.15, 0.2) is 33.5 Å². The average molecular weight is 346 g/mol. The molecule has 1 saturated carbocycles. The van der Waals surface area contributed by atoms with Crippen molar-refractivity contribution in [3.8, 4) is 0 Å². The van der Waals surface area contributed by atoms with E-state index >= 15 is 0 Å². The van der Waals surface area contributed by atoms with Crippen molar-refractivity contribution in [1.82, 2.24) is 4.90 Å². The summed E-state index contributed by atoms with van der Waals surface area (Å²) in [5.41, 5.74) is 0.178. The van der Waals surface area contributed by atoms with Gasteiger partial charge < -0.3 is 9.32 Å². The van der Waals surface area contributed by atoms with Crippen LogP contribution in [0, 0.1) is 11.8 Å². The minimum Gasteiger partial charge on any atom is -0.451 e. The van der Waals surface area contributed by atoms with Gasteiger partial charge in [0.1, 0.15) is 5.58 Å². The lowest BCUT2D eigenvalue weighted by Crippen LogP contribution is -2.44. The Morgan fingerprint density at radius 2 is 1.92 bits per heavy atom. The number of rotatable bonds is 1. The highest BCUT2D eigenvalue weighted by Crippen LogP contribution is 2.36. The van der Waals surface area contributed by atoms with Gasteiger partial charge in [0.2, 0.25) is 0 Å². The molecule has 0 radical (unpaired) electrons. The number of nitrogens with zero attached hydrogens (tertiary/aromatic N) is 1. The molecule has 1 aliphatic heterocycles. The van der Waals surface area contributed by atoms with Crippen molar-refractivity contribution in [3.05, 3.63) is 45.3 Å². The summed E-state index contributed by atoms with van der Waals surface area (Å²) in [6.45, 7) is 1.54. The van der Waals surface area contributed by atoms with Gasteiger partial charge >= 0.3 is 0 Å². The summed E-state index contributed by atoms with van der Waals surface area (Å²) in [7, 11) is 0. The van der Waals surface area contributed by atoms with Crippen LogP contribution in [0.1, 0.15) is 42.7 Å². The summed E-state index contributed by atoms with van der Waals surface area (Å²) in [4.78, 5) is 26.9. The molecule has 0 spiro atoms. The lowest BCUT2D eigenvalue weighted by atomic mass is 9.75. The van der Waals surface area contributed by atoms with Gasteiger partial charge in [0.05, 0.1) is 5.39 Å². The van der Waals surface area contributed by atoms with Crippen molar-refractivity contribution >= 4 is 28.5 Å². The number of halogens is 1. The molecule has 4 nitrogen and oxygen atoms in total. The Hall–Kier alpha value is -1.81. The molecule has 126 valence electrons. The van der Waals surface area contributed by atoms with Gasteiger partial charge in [0.25, 0.3) is 5.91 Å². The van der Waals surface area contributed by atoms with Crippen molar-refractivity contribution in [2.24, 2.45) is 11.8 Å². The molecule has 1 aromatic carbocycles. The first-order chi connectivity index (χ1) is 11.6. The van der Waals surface area contributed by atoms with Gasteiger partial charge in [0, 0.05) is 24.2 Å². The van der Waals surface area contributed by atoms with E-state index in [2.05, 4.69) is 0 Å². The maximum atomic E-state index is 12.8. The Morgan fingerprint density at radius 3 is 2.75 bits per heavy atom. The fourth-order valence-electron chi connectivity index (χ4n) is 4.18. The average Bonchev–Trinajstić information content (AvgIpc) is 2.61. The highest BCUT2D eigenvalue weighted by molar-refractivity contribution is 6.31. The number of hydrogen-bond donors (Lipinski definition) is 0. The molecular weight excluding hydrogens is 326 g/mol. The summed E-state index contributed by atoms with van der Waals surface area (Å²) in [6.07, 6.45) is 6.13. The Labute approximate surface area is 145 Å². The number of amides is 1. The number of carbonyl (C=O) groups excluding carboxylic acids is 1. The van der Waals surface area contributed by atoms with E-state index in [1.54, 1.807) is 18.2 Å². The van der Waals surface area contributed by atoms with E-state index < -0.39 is 0 Å². The van der Waals surface area contributed by atoms with E-state index in [4.69, 9.17) is 16.0 Å². The summed E-state index contributed by atoms with van der Waals surface area (Å²) < 4.78 is 5.70. The first-order valence-corrected chi connectivity index (χ1v) is 9.02. The van der Waals surface area contributed by atoms with Crippen molar-refractivity contribution in [2.45, 2.75) is 32.1 Å². The standard InChI is InChI=1S/C19H20ClNO3/c20-14-5-6-17-15(9-14)16(22)10-18(24-17)19(23)21-8-7-12-3-1-2-4-13(12)11-21/h5-6,9-10,12-13H,1-4,7-8,11H2/t12-,13+/m1/s1. The topological polar surface area (TPSA) is 50.5 Å². The molecule has 0 unspecified atom stereocenters. The molecular formula is C19H20ClNO3. The molecule has 1 amide bonds. The largest absolute Gasteiger partial charge is 0.451 e. The zero-order valence-electron chi connectivity index (χ0n) is 13.5. The van der Waals surface area contributed by atoms with Gasteiger partial charge in [-0.3, -0.25) is 9.59 Å². The fraction of sp³-hybridized carbons (Fsp3) is 0.474. The van der Waals surface area contributed by atoms with Gasteiger partial charge in [-0.25, -0.2) is 0 Å². The highest BCUT2D eigenvalue weighted by Gasteiger charge is 2.34. The quantitative estimate of drug-likeness (QED) is 0.781. The smallest absolute Gasteiger partial charge is 0.289 e.